The molecule has 1 aromatic heterocycles. The van der Waals surface area contributed by atoms with Crippen LogP contribution in [0.2, 0.25) is 0 Å². The van der Waals surface area contributed by atoms with Crippen LogP contribution >= 0.6 is 12.4 Å². The van der Waals surface area contributed by atoms with Crippen LogP contribution in [0, 0.1) is 13.8 Å². The van der Waals surface area contributed by atoms with Gasteiger partial charge in [-0.15, -0.1) is 12.4 Å². The zero-order valence-electron chi connectivity index (χ0n) is 10.2. The van der Waals surface area contributed by atoms with Gasteiger partial charge in [-0.3, -0.25) is 9.58 Å². The van der Waals surface area contributed by atoms with Gasteiger partial charge in [-0.1, -0.05) is 0 Å². The van der Waals surface area contributed by atoms with E-state index in [0.29, 0.717) is 6.04 Å². The predicted octanol–water partition coefficient (Wildman–Crippen LogP) is 0.992. The zero-order chi connectivity index (χ0) is 11.0. The van der Waals surface area contributed by atoms with Crippen molar-refractivity contribution in [2.24, 2.45) is 12.8 Å². The Morgan fingerprint density at radius 2 is 2.12 bits per heavy atom. The lowest BCUT2D eigenvalue weighted by molar-refractivity contribution is 0.325. The molecule has 0 spiro atoms. The first kappa shape index (κ1) is 13.5. The third kappa shape index (κ3) is 2.56. The molecule has 0 aliphatic carbocycles. The van der Waals surface area contributed by atoms with E-state index >= 15 is 0 Å². The molecule has 1 aromatic rings. The van der Waals surface area contributed by atoms with Crippen molar-refractivity contribution in [1.82, 2.24) is 14.7 Å². The number of halogens is 1. The van der Waals surface area contributed by atoms with Gasteiger partial charge >= 0.3 is 0 Å². The van der Waals surface area contributed by atoms with Crippen molar-refractivity contribution in [2.75, 3.05) is 13.1 Å². The molecule has 1 aliphatic rings. The summed E-state index contributed by atoms with van der Waals surface area (Å²) in [7, 11) is 2.00. The van der Waals surface area contributed by atoms with Crippen molar-refractivity contribution in [3.8, 4) is 0 Å². The van der Waals surface area contributed by atoms with Crippen molar-refractivity contribution in [3.63, 3.8) is 0 Å². The van der Waals surface area contributed by atoms with Crippen molar-refractivity contribution in [3.05, 3.63) is 17.0 Å². The molecule has 2 heterocycles. The van der Waals surface area contributed by atoms with Gasteiger partial charge in [0.05, 0.1) is 5.69 Å². The Hall–Kier alpha value is -0.580. The highest BCUT2D eigenvalue weighted by atomic mass is 35.5. The maximum Gasteiger partial charge on any atom is 0.0641 e. The van der Waals surface area contributed by atoms with Crippen LogP contribution in [0.3, 0.4) is 0 Å². The molecule has 1 saturated heterocycles. The summed E-state index contributed by atoms with van der Waals surface area (Å²) in [4.78, 5) is 2.42. The van der Waals surface area contributed by atoms with Gasteiger partial charge in [0.15, 0.2) is 0 Å². The molecule has 5 heteroatoms. The van der Waals surface area contributed by atoms with Gasteiger partial charge in [-0.25, -0.2) is 0 Å². The number of nitrogens with zero attached hydrogens (tertiary/aromatic N) is 3. The highest BCUT2D eigenvalue weighted by Gasteiger charge is 2.21. The Morgan fingerprint density at radius 3 is 2.56 bits per heavy atom. The van der Waals surface area contributed by atoms with Gasteiger partial charge in [0.2, 0.25) is 0 Å². The minimum atomic E-state index is 0. The summed E-state index contributed by atoms with van der Waals surface area (Å²) in [6.45, 7) is 7.35. The fourth-order valence-corrected chi connectivity index (χ4v) is 2.28. The third-order valence-electron chi connectivity index (χ3n) is 3.35. The second kappa shape index (κ2) is 5.17. The van der Waals surface area contributed by atoms with E-state index < -0.39 is 0 Å². The summed E-state index contributed by atoms with van der Waals surface area (Å²) in [5.41, 5.74) is 9.68. The minimum Gasteiger partial charge on any atom is -0.326 e. The molecule has 0 bridgehead atoms. The molecule has 2 N–H and O–H groups in total. The monoisotopic (exact) mass is 244 g/mol. The Labute approximate surface area is 103 Å². The summed E-state index contributed by atoms with van der Waals surface area (Å²) in [5.74, 6) is 0. The average molecular weight is 245 g/mol. The lowest BCUT2D eigenvalue weighted by Gasteiger charge is -2.15. The van der Waals surface area contributed by atoms with Gasteiger partial charge in [-0.2, -0.15) is 5.10 Å². The van der Waals surface area contributed by atoms with Crippen molar-refractivity contribution >= 4 is 12.4 Å². The molecule has 0 aromatic carbocycles. The van der Waals surface area contributed by atoms with Crippen molar-refractivity contribution < 1.29 is 0 Å². The van der Waals surface area contributed by atoms with Crippen LogP contribution in [-0.2, 0) is 13.6 Å². The summed E-state index contributed by atoms with van der Waals surface area (Å²) in [5, 5.41) is 4.43. The topological polar surface area (TPSA) is 47.1 Å². The van der Waals surface area contributed by atoms with E-state index in [1.165, 1.54) is 11.3 Å². The standard InChI is InChI=1S/C11H20N4.ClH/c1-8-11(9(2)14(3)13-8)7-15-5-4-10(12)6-15;/h10H,4-7,12H2,1-3H3;1H/t10-;/m1./s1. The van der Waals surface area contributed by atoms with Crippen LogP contribution in [-0.4, -0.2) is 33.8 Å². The number of aryl methyl sites for hydroxylation is 2. The summed E-state index contributed by atoms with van der Waals surface area (Å²) < 4.78 is 1.96. The summed E-state index contributed by atoms with van der Waals surface area (Å²) >= 11 is 0. The lowest BCUT2D eigenvalue weighted by Crippen LogP contribution is -2.26. The second-order valence-electron chi connectivity index (χ2n) is 4.56. The Kier molecular flexibility index (Phi) is 4.35. The molecule has 1 fully saturated rings. The number of nitrogens with two attached hydrogens (primary N) is 1. The summed E-state index contributed by atoms with van der Waals surface area (Å²) in [6, 6.07) is 0.363. The number of likely N-dealkylation sites (tertiary alicyclic amines) is 1. The normalized spacial score (nSPS) is 21.1. The average Bonchev–Trinajstić information content (AvgIpc) is 2.67. The van der Waals surface area contributed by atoms with Crippen LogP contribution in [0.15, 0.2) is 0 Å². The van der Waals surface area contributed by atoms with Crippen LogP contribution in [0.4, 0.5) is 0 Å². The van der Waals surface area contributed by atoms with Gasteiger partial charge in [0.25, 0.3) is 0 Å². The second-order valence-corrected chi connectivity index (χ2v) is 4.56. The van der Waals surface area contributed by atoms with E-state index in [2.05, 4.69) is 23.8 Å². The minimum absolute atomic E-state index is 0. The largest absolute Gasteiger partial charge is 0.326 e. The lowest BCUT2D eigenvalue weighted by atomic mass is 10.2. The number of aromatic nitrogens is 2. The van der Waals surface area contributed by atoms with E-state index in [4.69, 9.17) is 5.73 Å². The third-order valence-corrected chi connectivity index (χ3v) is 3.35. The fourth-order valence-electron chi connectivity index (χ4n) is 2.28. The maximum atomic E-state index is 5.90. The first-order chi connectivity index (χ1) is 7.08. The molecule has 2 rings (SSSR count). The number of rotatable bonds is 2. The van der Waals surface area contributed by atoms with E-state index in [1.54, 1.807) is 0 Å². The van der Waals surface area contributed by atoms with E-state index in [1.807, 2.05) is 11.7 Å². The molecular weight excluding hydrogens is 224 g/mol. The van der Waals surface area contributed by atoms with Crippen LogP contribution in [0.25, 0.3) is 0 Å². The maximum absolute atomic E-state index is 5.90. The van der Waals surface area contributed by atoms with Crippen LogP contribution in [0.1, 0.15) is 23.4 Å². The van der Waals surface area contributed by atoms with Crippen molar-refractivity contribution in [1.29, 1.82) is 0 Å². The predicted molar refractivity (Wildman–Crippen MR) is 67.8 cm³/mol. The van der Waals surface area contributed by atoms with E-state index in [-0.39, 0.29) is 12.4 Å². The highest BCUT2D eigenvalue weighted by molar-refractivity contribution is 5.85. The number of hydrogen-bond acceptors (Lipinski definition) is 3. The highest BCUT2D eigenvalue weighted by Crippen LogP contribution is 2.17. The molecule has 0 radical (unpaired) electrons. The smallest absolute Gasteiger partial charge is 0.0641 e. The molecule has 92 valence electrons. The molecule has 0 saturated carbocycles. The Morgan fingerprint density at radius 1 is 1.44 bits per heavy atom. The zero-order valence-corrected chi connectivity index (χ0v) is 11.0. The SMILES string of the molecule is Cc1nn(C)c(C)c1CN1CC[C@@H](N)C1.Cl. The Bertz CT molecular complexity index is 361. The quantitative estimate of drug-likeness (QED) is 0.844. The first-order valence-electron chi connectivity index (χ1n) is 5.55. The Balaban J connectivity index is 0.00000128. The van der Waals surface area contributed by atoms with Crippen LogP contribution in [0.5, 0.6) is 0 Å². The molecular formula is C11H21ClN4. The van der Waals surface area contributed by atoms with Gasteiger partial charge in [0, 0.05) is 44.0 Å². The van der Waals surface area contributed by atoms with E-state index in [0.717, 1.165) is 31.7 Å². The molecule has 0 unspecified atom stereocenters. The summed E-state index contributed by atoms with van der Waals surface area (Å²) in [6.07, 6.45) is 1.12. The molecule has 16 heavy (non-hydrogen) atoms. The van der Waals surface area contributed by atoms with E-state index in [9.17, 15) is 0 Å². The fraction of sp³-hybridized carbons (Fsp3) is 0.727. The van der Waals surface area contributed by atoms with Gasteiger partial charge in [-0.05, 0) is 20.3 Å². The molecule has 1 atom stereocenters. The molecule has 0 amide bonds. The molecule has 4 nitrogen and oxygen atoms in total. The molecule has 1 aliphatic heterocycles. The van der Waals surface area contributed by atoms with Crippen LogP contribution < -0.4 is 5.73 Å². The van der Waals surface area contributed by atoms with Crippen molar-refractivity contribution in [2.45, 2.75) is 32.9 Å². The van der Waals surface area contributed by atoms with Gasteiger partial charge < -0.3 is 5.73 Å². The van der Waals surface area contributed by atoms with Gasteiger partial charge in [0.1, 0.15) is 0 Å². The number of hydrogen-bond donors (Lipinski definition) is 1. The first-order valence-corrected chi connectivity index (χ1v) is 5.55.